The third kappa shape index (κ3) is 9.70. The van der Waals surface area contributed by atoms with Gasteiger partial charge < -0.3 is 15.0 Å². The summed E-state index contributed by atoms with van der Waals surface area (Å²) in [5.74, 6) is 1.38. The fourth-order valence-electron chi connectivity index (χ4n) is 5.71. The third-order valence-corrected chi connectivity index (χ3v) is 8.52. The highest BCUT2D eigenvalue weighted by Gasteiger charge is 2.29. The summed E-state index contributed by atoms with van der Waals surface area (Å²) in [4.78, 5) is 17.9. The second kappa shape index (κ2) is 14.7. The molecule has 1 saturated carbocycles. The number of amides is 2. The van der Waals surface area contributed by atoms with Gasteiger partial charge in [-0.05, 0) is 74.1 Å². The van der Waals surface area contributed by atoms with E-state index in [1.165, 1.54) is 31.2 Å². The Balaban J connectivity index is 1.25. The maximum atomic E-state index is 13.3. The smallest absolute Gasteiger partial charge is 0.317 e. The number of rotatable bonds is 11. The number of anilines is 1. The van der Waals surface area contributed by atoms with Crippen molar-refractivity contribution in [1.82, 2.24) is 15.1 Å². The van der Waals surface area contributed by atoms with Crippen molar-refractivity contribution in [1.29, 1.82) is 0 Å². The minimum Gasteiger partial charge on any atom is -0.457 e. The minimum atomic E-state index is -3.30. The number of nitrogens with one attached hydrogen (secondary N) is 2. The van der Waals surface area contributed by atoms with E-state index in [1.54, 1.807) is 24.3 Å². The monoisotopic (exact) mass is 570 g/mol. The highest BCUT2D eigenvalue weighted by molar-refractivity contribution is 7.92. The van der Waals surface area contributed by atoms with E-state index in [4.69, 9.17) is 4.74 Å². The van der Waals surface area contributed by atoms with E-state index >= 15 is 0 Å². The van der Waals surface area contributed by atoms with Crippen LogP contribution in [0.5, 0.6) is 11.5 Å². The van der Waals surface area contributed by atoms with E-state index in [0.29, 0.717) is 23.5 Å². The van der Waals surface area contributed by atoms with Crippen LogP contribution in [-0.4, -0.2) is 62.2 Å². The zero-order chi connectivity index (χ0) is 28.4. The fourth-order valence-corrected chi connectivity index (χ4v) is 6.28. The fraction of sp³-hybridized carbons (Fsp3) is 0.581. The number of unbranched alkanes of at least 4 members (excludes halogenated alkanes) is 1. The van der Waals surface area contributed by atoms with Crippen LogP contribution in [0.4, 0.5) is 10.5 Å². The quantitative estimate of drug-likeness (QED) is 0.307. The Bertz CT molecular complexity index is 1150. The van der Waals surface area contributed by atoms with Crippen LogP contribution in [0.2, 0.25) is 0 Å². The van der Waals surface area contributed by atoms with Crippen molar-refractivity contribution in [2.24, 2.45) is 0 Å². The highest BCUT2D eigenvalue weighted by atomic mass is 32.2. The molecule has 2 N–H and O–H groups in total. The number of piperidine rings is 1. The number of hydrogen-bond acceptors (Lipinski definition) is 5. The highest BCUT2D eigenvalue weighted by Crippen LogP contribution is 2.25. The molecule has 40 heavy (non-hydrogen) atoms. The molecule has 2 fully saturated rings. The van der Waals surface area contributed by atoms with Crippen molar-refractivity contribution < 1.29 is 17.9 Å². The van der Waals surface area contributed by atoms with Gasteiger partial charge in [0.05, 0.1) is 6.26 Å². The van der Waals surface area contributed by atoms with Gasteiger partial charge in [-0.15, -0.1) is 0 Å². The van der Waals surface area contributed by atoms with E-state index in [0.717, 1.165) is 76.7 Å². The summed E-state index contributed by atoms with van der Waals surface area (Å²) in [6.45, 7) is 5.88. The van der Waals surface area contributed by atoms with Crippen LogP contribution in [0.1, 0.15) is 76.7 Å². The number of urea groups is 1. The molecule has 0 bridgehead atoms. The molecule has 1 aliphatic heterocycles. The van der Waals surface area contributed by atoms with Crippen molar-refractivity contribution in [3.63, 3.8) is 0 Å². The topological polar surface area (TPSA) is 91.0 Å². The van der Waals surface area contributed by atoms with Crippen LogP contribution in [-0.2, 0) is 16.6 Å². The largest absolute Gasteiger partial charge is 0.457 e. The molecule has 0 radical (unpaired) electrons. The van der Waals surface area contributed by atoms with Crippen LogP contribution < -0.4 is 14.8 Å². The Labute approximate surface area is 240 Å². The number of carbonyl (C=O) groups is 1. The maximum absolute atomic E-state index is 13.3. The Morgan fingerprint density at radius 1 is 0.925 bits per heavy atom. The van der Waals surface area contributed by atoms with E-state index in [9.17, 15) is 13.2 Å². The van der Waals surface area contributed by atoms with Gasteiger partial charge >= 0.3 is 6.03 Å². The van der Waals surface area contributed by atoms with Crippen LogP contribution in [0.25, 0.3) is 0 Å². The van der Waals surface area contributed by atoms with Crippen molar-refractivity contribution in [3.8, 4) is 11.5 Å². The summed E-state index contributed by atoms with van der Waals surface area (Å²) in [5.41, 5.74) is 1.73. The van der Waals surface area contributed by atoms with Gasteiger partial charge in [0.1, 0.15) is 11.5 Å². The zero-order valence-corrected chi connectivity index (χ0v) is 24.9. The van der Waals surface area contributed by atoms with E-state index in [1.807, 2.05) is 12.1 Å². The number of ether oxygens (including phenoxy) is 1. The molecule has 4 rings (SSSR count). The van der Waals surface area contributed by atoms with Crippen molar-refractivity contribution in [2.75, 3.05) is 30.6 Å². The van der Waals surface area contributed by atoms with E-state index < -0.39 is 10.0 Å². The van der Waals surface area contributed by atoms with E-state index in [-0.39, 0.29) is 6.03 Å². The Hall–Kier alpha value is -2.78. The number of nitrogens with zero attached hydrogens (tertiary/aromatic N) is 2. The van der Waals surface area contributed by atoms with Crippen molar-refractivity contribution in [2.45, 2.75) is 89.8 Å². The van der Waals surface area contributed by atoms with Gasteiger partial charge in [-0.25, -0.2) is 13.2 Å². The van der Waals surface area contributed by atoms with Crippen molar-refractivity contribution >= 4 is 21.7 Å². The number of benzene rings is 2. The van der Waals surface area contributed by atoms with Crippen LogP contribution >= 0.6 is 0 Å². The first kappa shape index (κ1) is 30.2. The standard InChI is InChI=1S/C31H46N4O4S/c1-3-4-21-35(31(36)32-26-9-7-5-6-8-10-26)28-19-22-34(23-20-28)24-25-11-15-29(16-12-25)39-30-17-13-27(14-18-30)33-40(2,37)38/h11-18,26,28,33H,3-10,19-24H2,1-2H3,(H,32,36). The summed E-state index contributed by atoms with van der Waals surface area (Å²) in [6, 6.07) is 15.8. The first-order chi connectivity index (χ1) is 19.3. The molecule has 0 atom stereocenters. The van der Waals surface area contributed by atoms with Crippen molar-refractivity contribution in [3.05, 3.63) is 54.1 Å². The lowest BCUT2D eigenvalue weighted by Crippen LogP contribution is -2.52. The Morgan fingerprint density at radius 2 is 1.52 bits per heavy atom. The second-order valence-electron chi connectivity index (χ2n) is 11.3. The molecule has 0 aromatic heterocycles. The molecule has 0 unspecified atom stereocenters. The lowest BCUT2D eigenvalue weighted by molar-refractivity contribution is 0.114. The summed E-state index contributed by atoms with van der Waals surface area (Å²) < 4.78 is 31.1. The lowest BCUT2D eigenvalue weighted by atomic mass is 10.0. The molecule has 2 aromatic carbocycles. The predicted molar refractivity (Wildman–Crippen MR) is 161 cm³/mol. The van der Waals surface area contributed by atoms with Gasteiger partial charge in [-0.1, -0.05) is 51.2 Å². The van der Waals surface area contributed by atoms with Gasteiger partial charge in [-0.3, -0.25) is 9.62 Å². The molecular formula is C31H46N4O4S. The molecule has 220 valence electrons. The van der Waals surface area contributed by atoms with Gasteiger partial charge in [0.15, 0.2) is 0 Å². The minimum absolute atomic E-state index is 0.149. The lowest BCUT2D eigenvalue weighted by Gasteiger charge is -2.39. The number of carbonyl (C=O) groups excluding carboxylic acids is 1. The van der Waals surface area contributed by atoms with Crippen LogP contribution in [0.15, 0.2) is 48.5 Å². The van der Waals surface area contributed by atoms with Gasteiger partial charge in [0.2, 0.25) is 10.0 Å². The molecule has 8 nitrogen and oxygen atoms in total. The van der Waals surface area contributed by atoms with Crippen LogP contribution in [0.3, 0.4) is 0 Å². The molecule has 1 saturated heterocycles. The number of likely N-dealkylation sites (tertiary alicyclic amines) is 1. The molecule has 1 aliphatic carbocycles. The summed E-state index contributed by atoms with van der Waals surface area (Å²) in [6.07, 6.45) is 12.6. The second-order valence-corrected chi connectivity index (χ2v) is 13.1. The SMILES string of the molecule is CCCCN(C(=O)NC1CCCCCC1)C1CCN(Cc2ccc(Oc3ccc(NS(C)(=O)=O)cc3)cc2)CC1. The average molecular weight is 571 g/mol. The molecular weight excluding hydrogens is 524 g/mol. The molecule has 2 aromatic rings. The molecule has 0 spiro atoms. The number of hydrogen-bond donors (Lipinski definition) is 2. The molecule has 1 heterocycles. The summed E-state index contributed by atoms with van der Waals surface area (Å²) in [7, 11) is -3.30. The Morgan fingerprint density at radius 3 is 2.10 bits per heavy atom. The number of sulfonamides is 1. The third-order valence-electron chi connectivity index (χ3n) is 7.92. The molecule has 2 aliphatic rings. The van der Waals surface area contributed by atoms with Gasteiger partial charge in [0, 0.05) is 44.0 Å². The Kier molecular flexibility index (Phi) is 11.1. The predicted octanol–water partition coefficient (Wildman–Crippen LogP) is 6.35. The normalized spacial score (nSPS) is 17.6. The first-order valence-electron chi connectivity index (χ1n) is 14.9. The van der Waals surface area contributed by atoms with E-state index in [2.05, 4.69) is 38.9 Å². The zero-order valence-electron chi connectivity index (χ0n) is 24.1. The first-order valence-corrected chi connectivity index (χ1v) is 16.8. The van der Waals surface area contributed by atoms with Crippen LogP contribution in [0, 0.1) is 0 Å². The maximum Gasteiger partial charge on any atom is 0.317 e. The molecule has 2 amide bonds. The van der Waals surface area contributed by atoms with Gasteiger partial charge in [0.25, 0.3) is 0 Å². The molecule has 9 heteroatoms. The average Bonchev–Trinajstić information content (AvgIpc) is 3.20. The summed E-state index contributed by atoms with van der Waals surface area (Å²) in [5, 5.41) is 3.38. The van der Waals surface area contributed by atoms with Gasteiger partial charge in [-0.2, -0.15) is 0 Å². The summed E-state index contributed by atoms with van der Waals surface area (Å²) >= 11 is 0.